The lowest BCUT2D eigenvalue weighted by Gasteiger charge is -2.19. The molecule has 1 saturated heterocycles. The third-order valence-electron chi connectivity index (χ3n) is 5.62. The maximum atomic E-state index is 12.8. The van der Waals surface area contributed by atoms with Crippen LogP contribution in [0.25, 0.3) is 22.7 Å². The second kappa shape index (κ2) is 7.67. The van der Waals surface area contributed by atoms with Gasteiger partial charge in [-0.3, -0.25) is 0 Å². The molecule has 1 atom stereocenters. The summed E-state index contributed by atoms with van der Waals surface area (Å²) in [5.41, 5.74) is 3.69. The molecule has 0 aliphatic carbocycles. The summed E-state index contributed by atoms with van der Waals surface area (Å²) in [5.74, 6) is 1.45. The van der Waals surface area contributed by atoms with E-state index in [-0.39, 0.29) is 12.1 Å². The van der Waals surface area contributed by atoms with Crippen LogP contribution in [-0.4, -0.2) is 38.6 Å². The summed E-state index contributed by atoms with van der Waals surface area (Å²) in [7, 11) is 0. The predicted octanol–water partition coefficient (Wildman–Crippen LogP) is 4.73. The van der Waals surface area contributed by atoms with Crippen molar-refractivity contribution in [2.75, 3.05) is 18.4 Å². The average Bonchev–Trinajstić information content (AvgIpc) is 3.52. The van der Waals surface area contributed by atoms with Crippen molar-refractivity contribution in [2.45, 2.75) is 25.8 Å². The number of anilines is 1. The minimum atomic E-state index is -0.0846. The standard InChI is InChI=1S/C23H23N5O2/c1-2-16-7-9-17(10-8-16)25-23(29)27-13-11-18(15-27)28-21-19(5-3-12-24-21)26-22(28)20-6-4-14-30-20/h3-10,12,14,18H,2,11,13,15H2,1H3,(H,25,29)/t18-/m1/s1. The molecule has 5 rings (SSSR count). The first-order valence-corrected chi connectivity index (χ1v) is 10.2. The van der Waals surface area contributed by atoms with Crippen molar-refractivity contribution in [3.63, 3.8) is 0 Å². The SMILES string of the molecule is CCc1ccc(NC(=O)N2CC[C@@H](n3c(-c4ccco4)nc4cccnc43)C2)cc1. The van der Waals surface area contributed by atoms with Crippen molar-refractivity contribution in [2.24, 2.45) is 0 Å². The van der Waals surface area contributed by atoms with Crippen LogP contribution in [0.1, 0.15) is 24.9 Å². The topological polar surface area (TPSA) is 76.2 Å². The first-order valence-electron chi connectivity index (χ1n) is 10.2. The molecule has 1 N–H and O–H groups in total. The molecule has 1 aliphatic heterocycles. The van der Waals surface area contributed by atoms with E-state index >= 15 is 0 Å². The van der Waals surface area contributed by atoms with Crippen LogP contribution in [0.4, 0.5) is 10.5 Å². The van der Waals surface area contributed by atoms with Gasteiger partial charge in [-0.2, -0.15) is 0 Å². The minimum absolute atomic E-state index is 0.0817. The molecule has 0 bridgehead atoms. The summed E-state index contributed by atoms with van der Waals surface area (Å²) in [6.07, 6.45) is 5.22. The Bertz CT molecular complexity index is 1160. The zero-order valence-corrected chi connectivity index (χ0v) is 16.8. The van der Waals surface area contributed by atoms with E-state index in [4.69, 9.17) is 9.40 Å². The summed E-state index contributed by atoms with van der Waals surface area (Å²) in [6, 6.07) is 15.6. The van der Waals surface area contributed by atoms with E-state index < -0.39 is 0 Å². The second-order valence-corrected chi connectivity index (χ2v) is 7.50. The summed E-state index contributed by atoms with van der Waals surface area (Å²) >= 11 is 0. The Balaban J connectivity index is 1.38. The van der Waals surface area contributed by atoms with Crippen molar-refractivity contribution in [1.82, 2.24) is 19.4 Å². The zero-order chi connectivity index (χ0) is 20.5. The number of rotatable bonds is 4. The van der Waals surface area contributed by atoms with Crippen LogP contribution in [0.5, 0.6) is 0 Å². The normalized spacial score (nSPS) is 16.3. The molecule has 152 valence electrons. The van der Waals surface area contributed by atoms with E-state index in [1.54, 1.807) is 12.5 Å². The van der Waals surface area contributed by atoms with Gasteiger partial charge < -0.3 is 19.2 Å². The fraction of sp³-hybridized carbons (Fsp3) is 0.261. The highest BCUT2D eigenvalue weighted by Gasteiger charge is 2.31. The van der Waals surface area contributed by atoms with Gasteiger partial charge in [-0.05, 0) is 54.8 Å². The smallest absolute Gasteiger partial charge is 0.321 e. The molecule has 0 unspecified atom stereocenters. The number of carbonyl (C=O) groups excluding carboxylic acids is 1. The van der Waals surface area contributed by atoms with E-state index in [0.29, 0.717) is 18.8 Å². The number of amides is 2. The number of aryl methyl sites for hydroxylation is 1. The number of hydrogen-bond acceptors (Lipinski definition) is 4. The zero-order valence-electron chi connectivity index (χ0n) is 16.8. The highest BCUT2D eigenvalue weighted by molar-refractivity contribution is 5.89. The number of furan rings is 1. The molecule has 30 heavy (non-hydrogen) atoms. The van der Waals surface area contributed by atoms with E-state index in [1.807, 2.05) is 53.4 Å². The summed E-state index contributed by atoms with van der Waals surface area (Å²) in [5, 5.41) is 3.01. The number of nitrogens with one attached hydrogen (secondary N) is 1. The van der Waals surface area contributed by atoms with Gasteiger partial charge in [-0.25, -0.2) is 14.8 Å². The van der Waals surface area contributed by atoms with Gasteiger partial charge in [0.1, 0.15) is 5.52 Å². The van der Waals surface area contributed by atoms with Crippen LogP contribution in [0.3, 0.4) is 0 Å². The number of imidazole rings is 1. The van der Waals surface area contributed by atoms with Gasteiger partial charge in [-0.15, -0.1) is 0 Å². The molecule has 1 fully saturated rings. The predicted molar refractivity (Wildman–Crippen MR) is 115 cm³/mol. The Kier molecular flexibility index (Phi) is 4.71. The number of hydrogen-bond donors (Lipinski definition) is 1. The lowest BCUT2D eigenvalue weighted by Crippen LogP contribution is -2.33. The van der Waals surface area contributed by atoms with Crippen molar-refractivity contribution in [3.05, 3.63) is 66.6 Å². The summed E-state index contributed by atoms with van der Waals surface area (Å²) in [4.78, 5) is 24.0. The Morgan fingerprint density at radius 3 is 2.83 bits per heavy atom. The first-order chi connectivity index (χ1) is 14.7. The van der Waals surface area contributed by atoms with Gasteiger partial charge >= 0.3 is 6.03 Å². The minimum Gasteiger partial charge on any atom is -0.461 e. The molecule has 4 aromatic rings. The maximum absolute atomic E-state index is 12.8. The van der Waals surface area contributed by atoms with Gasteiger partial charge in [0.25, 0.3) is 0 Å². The molecule has 7 nitrogen and oxygen atoms in total. The molecule has 1 aromatic carbocycles. The van der Waals surface area contributed by atoms with Crippen molar-refractivity contribution in [1.29, 1.82) is 0 Å². The molecule has 2 amide bonds. The molecule has 7 heteroatoms. The molecule has 0 saturated carbocycles. The molecular formula is C23H23N5O2. The summed E-state index contributed by atoms with van der Waals surface area (Å²) < 4.78 is 7.73. The lowest BCUT2D eigenvalue weighted by atomic mass is 10.1. The van der Waals surface area contributed by atoms with Crippen LogP contribution in [0.2, 0.25) is 0 Å². The Morgan fingerprint density at radius 1 is 1.20 bits per heavy atom. The number of likely N-dealkylation sites (tertiary alicyclic amines) is 1. The van der Waals surface area contributed by atoms with Gasteiger partial charge in [0.2, 0.25) is 0 Å². The van der Waals surface area contributed by atoms with E-state index in [0.717, 1.165) is 35.5 Å². The molecule has 0 radical (unpaired) electrons. The van der Waals surface area contributed by atoms with Crippen LogP contribution in [0, 0.1) is 0 Å². The molecule has 1 aliphatic rings. The largest absolute Gasteiger partial charge is 0.461 e. The number of urea groups is 1. The van der Waals surface area contributed by atoms with E-state index in [1.165, 1.54) is 5.56 Å². The van der Waals surface area contributed by atoms with Gasteiger partial charge in [0.15, 0.2) is 17.2 Å². The fourth-order valence-corrected chi connectivity index (χ4v) is 4.02. The molecular weight excluding hydrogens is 378 g/mol. The van der Waals surface area contributed by atoms with Gasteiger partial charge in [0, 0.05) is 25.0 Å². The average molecular weight is 401 g/mol. The quantitative estimate of drug-likeness (QED) is 0.536. The first kappa shape index (κ1) is 18.4. The molecule has 0 spiro atoms. The highest BCUT2D eigenvalue weighted by atomic mass is 16.3. The van der Waals surface area contributed by atoms with Crippen LogP contribution >= 0.6 is 0 Å². The maximum Gasteiger partial charge on any atom is 0.321 e. The fourth-order valence-electron chi connectivity index (χ4n) is 4.02. The van der Waals surface area contributed by atoms with E-state index in [9.17, 15) is 4.79 Å². The highest BCUT2D eigenvalue weighted by Crippen LogP contribution is 2.32. The van der Waals surface area contributed by atoms with Gasteiger partial charge in [0.05, 0.1) is 12.3 Å². The number of pyridine rings is 1. The van der Waals surface area contributed by atoms with Crippen LogP contribution in [0.15, 0.2) is 65.4 Å². The van der Waals surface area contributed by atoms with Crippen LogP contribution in [-0.2, 0) is 6.42 Å². The monoisotopic (exact) mass is 401 g/mol. The third kappa shape index (κ3) is 3.32. The van der Waals surface area contributed by atoms with Crippen molar-refractivity contribution < 1.29 is 9.21 Å². The van der Waals surface area contributed by atoms with Crippen molar-refractivity contribution in [3.8, 4) is 11.6 Å². The molecule has 3 aromatic heterocycles. The Hall–Kier alpha value is -3.61. The van der Waals surface area contributed by atoms with Gasteiger partial charge in [-0.1, -0.05) is 19.1 Å². The Morgan fingerprint density at radius 2 is 2.07 bits per heavy atom. The lowest BCUT2D eigenvalue weighted by molar-refractivity contribution is 0.221. The number of benzene rings is 1. The number of nitrogens with zero attached hydrogens (tertiary/aromatic N) is 4. The molecule has 4 heterocycles. The number of carbonyl (C=O) groups is 1. The number of aromatic nitrogens is 3. The van der Waals surface area contributed by atoms with Crippen LogP contribution < -0.4 is 5.32 Å². The number of fused-ring (bicyclic) bond motifs is 1. The van der Waals surface area contributed by atoms with Crippen molar-refractivity contribution >= 4 is 22.9 Å². The second-order valence-electron chi connectivity index (χ2n) is 7.50. The Labute approximate surface area is 174 Å². The van der Waals surface area contributed by atoms with E-state index in [2.05, 4.69) is 21.8 Å². The summed E-state index contributed by atoms with van der Waals surface area (Å²) in [6.45, 7) is 3.38. The third-order valence-corrected chi connectivity index (χ3v) is 5.62.